The van der Waals surface area contributed by atoms with Gasteiger partial charge in [-0.1, -0.05) is 0 Å². The van der Waals surface area contributed by atoms with Gasteiger partial charge < -0.3 is 15.1 Å². The molecule has 0 saturated carbocycles. The zero-order chi connectivity index (χ0) is 13.2. The minimum absolute atomic E-state index is 0.119. The summed E-state index contributed by atoms with van der Waals surface area (Å²) in [4.78, 5) is 16.1. The van der Waals surface area contributed by atoms with Crippen LogP contribution in [0.1, 0.15) is 19.6 Å². The number of rotatable bonds is 4. The highest BCUT2D eigenvalue weighted by atomic mass is 16.3. The lowest BCUT2D eigenvalue weighted by Crippen LogP contribution is -2.59. The van der Waals surface area contributed by atoms with E-state index >= 15 is 0 Å². The Labute approximate surface area is 108 Å². The molecule has 1 aromatic heterocycles. The molecule has 0 spiro atoms. The third-order valence-corrected chi connectivity index (χ3v) is 3.60. The SMILES string of the molecule is CC(C)(CN)N1CCN(Cc2ccco2)C(=O)C1. The van der Waals surface area contributed by atoms with Crippen molar-refractivity contribution < 1.29 is 9.21 Å². The van der Waals surface area contributed by atoms with Crippen LogP contribution in [0.4, 0.5) is 0 Å². The smallest absolute Gasteiger partial charge is 0.237 e. The van der Waals surface area contributed by atoms with Crippen LogP contribution in [0, 0.1) is 0 Å². The Morgan fingerprint density at radius 3 is 2.78 bits per heavy atom. The van der Waals surface area contributed by atoms with E-state index in [-0.39, 0.29) is 11.4 Å². The number of nitrogens with zero attached hydrogens (tertiary/aromatic N) is 2. The molecule has 1 aliphatic rings. The van der Waals surface area contributed by atoms with Gasteiger partial charge in [0.1, 0.15) is 5.76 Å². The predicted octanol–water partition coefficient (Wildman–Crippen LogP) is 0.661. The monoisotopic (exact) mass is 251 g/mol. The Morgan fingerprint density at radius 1 is 1.44 bits per heavy atom. The van der Waals surface area contributed by atoms with E-state index in [4.69, 9.17) is 10.2 Å². The molecule has 1 saturated heterocycles. The zero-order valence-electron chi connectivity index (χ0n) is 11.1. The van der Waals surface area contributed by atoms with Crippen LogP contribution in [-0.2, 0) is 11.3 Å². The second-order valence-electron chi connectivity index (χ2n) is 5.33. The summed E-state index contributed by atoms with van der Waals surface area (Å²) in [5.41, 5.74) is 5.63. The largest absolute Gasteiger partial charge is 0.467 e. The van der Waals surface area contributed by atoms with E-state index in [1.165, 1.54) is 0 Å². The van der Waals surface area contributed by atoms with Crippen molar-refractivity contribution in [3.8, 4) is 0 Å². The van der Waals surface area contributed by atoms with Crippen molar-refractivity contribution in [3.05, 3.63) is 24.2 Å². The lowest BCUT2D eigenvalue weighted by Gasteiger charge is -2.42. The van der Waals surface area contributed by atoms with Crippen LogP contribution in [-0.4, -0.2) is 47.4 Å². The summed E-state index contributed by atoms with van der Waals surface area (Å²) in [5, 5.41) is 0. The van der Waals surface area contributed by atoms with Crippen molar-refractivity contribution >= 4 is 5.91 Å². The fourth-order valence-electron chi connectivity index (χ4n) is 2.11. The second-order valence-corrected chi connectivity index (χ2v) is 5.33. The van der Waals surface area contributed by atoms with Crippen molar-refractivity contribution in [1.29, 1.82) is 0 Å². The van der Waals surface area contributed by atoms with Gasteiger partial charge in [0, 0.05) is 25.2 Å². The van der Waals surface area contributed by atoms with Crippen molar-refractivity contribution in [1.82, 2.24) is 9.80 Å². The van der Waals surface area contributed by atoms with E-state index in [0.717, 1.165) is 18.8 Å². The number of piperazine rings is 1. The van der Waals surface area contributed by atoms with Crippen LogP contribution < -0.4 is 5.73 Å². The van der Waals surface area contributed by atoms with Gasteiger partial charge in [-0.3, -0.25) is 9.69 Å². The molecule has 1 fully saturated rings. The van der Waals surface area contributed by atoms with Crippen molar-refractivity contribution in [2.45, 2.75) is 25.9 Å². The topological polar surface area (TPSA) is 62.7 Å². The maximum atomic E-state index is 12.1. The first kappa shape index (κ1) is 13.1. The molecular weight excluding hydrogens is 230 g/mol. The highest BCUT2D eigenvalue weighted by Gasteiger charge is 2.32. The molecule has 0 bridgehead atoms. The number of amides is 1. The lowest BCUT2D eigenvalue weighted by atomic mass is 10.0. The van der Waals surface area contributed by atoms with Crippen molar-refractivity contribution in [3.63, 3.8) is 0 Å². The average Bonchev–Trinajstić information content (AvgIpc) is 2.84. The maximum absolute atomic E-state index is 12.1. The quantitative estimate of drug-likeness (QED) is 0.854. The molecule has 5 nitrogen and oxygen atoms in total. The van der Waals surface area contributed by atoms with Crippen LogP contribution in [0.3, 0.4) is 0 Å². The van der Waals surface area contributed by atoms with E-state index in [1.807, 2.05) is 17.0 Å². The number of nitrogens with two attached hydrogens (primary N) is 1. The number of hydrogen-bond acceptors (Lipinski definition) is 4. The first-order valence-electron chi connectivity index (χ1n) is 6.28. The number of carbonyl (C=O) groups excluding carboxylic acids is 1. The molecule has 0 radical (unpaired) electrons. The number of furan rings is 1. The molecule has 2 N–H and O–H groups in total. The highest BCUT2D eigenvalue weighted by molar-refractivity contribution is 5.79. The first-order chi connectivity index (χ1) is 8.53. The van der Waals surface area contributed by atoms with E-state index in [1.54, 1.807) is 6.26 Å². The highest BCUT2D eigenvalue weighted by Crippen LogP contribution is 2.17. The predicted molar refractivity (Wildman–Crippen MR) is 68.8 cm³/mol. The van der Waals surface area contributed by atoms with Crippen LogP contribution in [0.5, 0.6) is 0 Å². The maximum Gasteiger partial charge on any atom is 0.237 e. The Kier molecular flexibility index (Phi) is 3.73. The molecule has 1 aromatic rings. The molecule has 1 amide bonds. The molecule has 0 aliphatic carbocycles. The Bertz CT molecular complexity index is 400. The summed E-state index contributed by atoms with van der Waals surface area (Å²) in [6, 6.07) is 3.73. The van der Waals surface area contributed by atoms with Gasteiger partial charge in [0.25, 0.3) is 0 Å². The van der Waals surface area contributed by atoms with Gasteiger partial charge in [0.15, 0.2) is 0 Å². The summed E-state index contributed by atoms with van der Waals surface area (Å²) in [6.07, 6.45) is 1.63. The number of hydrogen-bond donors (Lipinski definition) is 1. The molecule has 0 atom stereocenters. The van der Waals surface area contributed by atoms with Gasteiger partial charge in [0.2, 0.25) is 5.91 Å². The Balaban J connectivity index is 1.95. The molecule has 0 aromatic carbocycles. The minimum Gasteiger partial charge on any atom is -0.467 e. The molecule has 0 unspecified atom stereocenters. The minimum atomic E-state index is -0.119. The molecule has 1 aliphatic heterocycles. The van der Waals surface area contributed by atoms with E-state index in [9.17, 15) is 4.79 Å². The molecule has 5 heteroatoms. The standard InChI is InChI=1S/C13H21N3O2/c1-13(2,10-14)16-6-5-15(12(17)9-16)8-11-4-3-7-18-11/h3-4,7H,5-6,8-10,14H2,1-2H3. The second kappa shape index (κ2) is 5.12. The summed E-state index contributed by atoms with van der Waals surface area (Å²) in [5.74, 6) is 0.967. The van der Waals surface area contributed by atoms with Gasteiger partial charge in [0.05, 0.1) is 19.4 Å². The van der Waals surface area contributed by atoms with Crippen LogP contribution in [0.15, 0.2) is 22.8 Å². The molecule has 2 heterocycles. The molecule has 2 rings (SSSR count). The van der Waals surface area contributed by atoms with Crippen LogP contribution in [0.25, 0.3) is 0 Å². The van der Waals surface area contributed by atoms with Crippen LogP contribution >= 0.6 is 0 Å². The number of carbonyl (C=O) groups is 1. The van der Waals surface area contributed by atoms with Gasteiger partial charge in [-0.2, -0.15) is 0 Å². The average molecular weight is 251 g/mol. The third-order valence-electron chi connectivity index (χ3n) is 3.60. The zero-order valence-corrected chi connectivity index (χ0v) is 11.1. The third kappa shape index (κ3) is 2.73. The van der Waals surface area contributed by atoms with Gasteiger partial charge in [-0.25, -0.2) is 0 Å². The Hall–Kier alpha value is -1.33. The van der Waals surface area contributed by atoms with Gasteiger partial charge in [-0.15, -0.1) is 0 Å². The lowest BCUT2D eigenvalue weighted by molar-refractivity contribution is -0.139. The fourth-order valence-corrected chi connectivity index (χ4v) is 2.11. The summed E-state index contributed by atoms with van der Waals surface area (Å²) >= 11 is 0. The van der Waals surface area contributed by atoms with Crippen LogP contribution in [0.2, 0.25) is 0 Å². The molecule has 100 valence electrons. The summed E-state index contributed by atoms with van der Waals surface area (Å²) in [7, 11) is 0. The normalized spacial score (nSPS) is 18.4. The first-order valence-corrected chi connectivity index (χ1v) is 6.28. The summed E-state index contributed by atoms with van der Waals surface area (Å²) < 4.78 is 5.27. The fraction of sp³-hybridized carbons (Fsp3) is 0.615. The van der Waals surface area contributed by atoms with Gasteiger partial charge in [-0.05, 0) is 26.0 Å². The van der Waals surface area contributed by atoms with Crippen molar-refractivity contribution in [2.75, 3.05) is 26.2 Å². The van der Waals surface area contributed by atoms with Crippen molar-refractivity contribution in [2.24, 2.45) is 5.73 Å². The van der Waals surface area contributed by atoms with E-state index < -0.39 is 0 Å². The van der Waals surface area contributed by atoms with E-state index in [0.29, 0.717) is 19.6 Å². The Morgan fingerprint density at radius 2 is 2.22 bits per heavy atom. The molecular formula is C13H21N3O2. The molecule has 18 heavy (non-hydrogen) atoms. The van der Waals surface area contributed by atoms with Gasteiger partial charge >= 0.3 is 0 Å². The van der Waals surface area contributed by atoms with E-state index in [2.05, 4.69) is 18.7 Å². The summed E-state index contributed by atoms with van der Waals surface area (Å²) in [6.45, 7) is 7.27.